The zero-order valence-corrected chi connectivity index (χ0v) is 63.7. The van der Waals surface area contributed by atoms with Crippen LogP contribution in [0.2, 0.25) is 0 Å². The minimum Gasteiger partial charge on any atom is -0.354 e. The highest BCUT2D eigenvalue weighted by molar-refractivity contribution is 5.94. The molecule has 6 N–H and O–H groups in total. The monoisotopic (exact) mass is 1400 g/mol. The molecule has 0 aliphatic carbocycles. The second-order valence-electron chi connectivity index (χ2n) is 29.6. The highest BCUT2D eigenvalue weighted by atomic mass is 16.2. The number of imidazole rings is 3. The summed E-state index contributed by atoms with van der Waals surface area (Å²) >= 11 is 0. The standard InChI is InChI=1S/C84H126N12O6/c1-10-13-16-19-22-25-28-31-34-43-52-85-82(100)76(61(4)5)91-73(97)58-94-70-49-40-37-46-67(70)88-79(94)64-55-65(80-89-68-47-38-41-50-71(68)95(80)59-74(98)92-77(62(6)7)83(101)86-53-44-35-32-29-26-23-20-17-14-11-2)57-66(56-64)81-90-69-48-39-42-51-72(69)96(81)60-75(99)93-78(63(8)9)84(102)87-54-45-36-33-30-27-24-21-18-15-12-3/h37-42,46-51,55-57,61-63,76-78H,10-36,43-45,52-54,58-60H2,1-9H3,(H,85,100)(H,86,101)(H,87,102)(H,91,97)(H,92,98)(H,93,99)/t76-,77-,78-/m1/s1. The van der Waals surface area contributed by atoms with Crippen molar-refractivity contribution in [2.24, 2.45) is 17.8 Å². The van der Waals surface area contributed by atoms with Gasteiger partial charge in [0.15, 0.2) is 0 Å². The Morgan fingerprint density at radius 3 is 0.755 bits per heavy atom. The predicted molar refractivity (Wildman–Crippen MR) is 417 cm³/mol. The number of nitrogens with zero attached hydrogens (tertiary/aromatic N) is 6. The lowest BCUT2D eigenvalue weighted by Crippen LogP contribution is -2.50. The van der Waals surface area contributed by atoms with Gasteiger partial charge in [0.05, 0.1) is 33.1 Å². The molecule has 0 aliphatic rings. The summed E-state index contributed by atoms with van der Waals surface area (Å²) in [4.78, 5) is 102. The van der Waals surface area contributed by atoms with Gasteiger partial charge in [0.25, 0.3) is 0 Å². The first kappa shape index (κ1) is 81.4. The summed E-state index contributed by atoms with van der Waals surface area (Å²) in [6, 6.07) is 26.4. The molecule has 0 unspecified atom stereocenters. The van der Waals surface area contributed by atoms with Gasteiger partial charge in [-0.15, -0.1) is 0 Å². The van der Waals surface area contributed by atoms with E-state index in [0.29, 0.717) is 86.9 Å². The van der Waals surface area contributed by atoms with Gasteiger partial charge in [0, 0.05) is 36.3 Å². The summed E-state index contributed by atoms with van der Waals surface area (Å²) in [5.41, 5.74) is 5.69. The molecule has 102 heavy (non-hydrogen) atoms. The van der Waals surface area contributed by atoms with E-state index in [1.807, 2.05) is 146 Å². The van der Waals surface area contributed by atoms with Crippen LogP contribution in [0.5, 0.6) is 0 Å². The number of hydrogen-bond donors (Lipinski definition) is 6. The van der Waals surface area contributed by atoms with E-state index < -0.39 is 18.1 Å². The Morgan fingerprint density at radius 2 is 0.529 bits per heavy atom. The molecule has 4 aromatic carbocycles. The third-order valence-corrected chi connectivity index (χ3v) is 19.9. The lowest BCUT2D eigenvalue weighted by atomic mass is 10.0. The Hall–Kier alpha value is -7.89. The van der Waals surface area contributed by atoms with Crippen molar-refractivity contribution in [3.8, 4) is 34.2 Å². The lowest BCUT2D eigenvalue weighted by Gasteiger charge is -2.23. The Labute approximate surface area is 610 Å². The van der Waals surface area contributed by atoms with Crippen LogP contribution >= 0.6 is 0 Å². The van der Waals surface area contributed by atoms with Crippen molar-refractivity contribution in [3.05, 3.63) is 91.0 Å². The van der Waals surface area contributed by atoms with E-state index in [1.54, 1.807) is 0 Å². The topological polar surface area (TPSA) is 228 Å². The first-order chi connectivity index (χ1) is 49.5. The van der Waals surface area contributed by atoms with E-state index in [-0.39, 0.29) is 72.8 Å². The minimum atomic E-state index is -0.789. The summed E-state index contributed by atoms with van der Waals surface area (Å²) in [6.07, 6.45) is 35.7. The van der Waals surface area contributed by atoms with Crippen molar-refractivity contribution in [1.29, 1.82) is 0 Å². The molecule has 0 radical (unpaired) electrons. The number of hydrogen-bond acceptors (Lipinski definition) is 9. The van der Waals surface area contributed by atoms with E-state index in [1.165, 1.54) is 135 Å². The van der Waals surface area contributed by atoms with E-state index in [2.05, 4.69) is 52.7 Å². The largest absolute Gasteiger partial charge is 0.354 e. The molecule has 0 aliphatic heterocycles. The van der Waals surface area contributed by atoms with Crippen LogP contribution in [0.1, 0.15) is 255 Å². The third kappa shape index (κ3) is 25.8. The molecule has 18 heteroatoms. The number of amides is 6. The van der Waals surface area contributed by atoms with Crippen molar-refractivity contribution in [3.63, 3.8) is 0 Å². The second-order valence-corrected chi connectivity index (χ2v) is 29.6. The van der Waals surface area contributed by atoms with Gasteiger partial charge in [-0.2, -0.15) is 0 Å². The molecule has 0 fully saturated rings. The normalized spacial score (nSPS) is 12.6. The fourth-order valence-electron chi connectivity index (χ4n) is 13.9. The number of rotatable bonds is 51. The first-order valence-electron chi connectivity index (χ1n) is 39.8. The van der Waals surface area contributed by atoms with Crippen LogP contribution in [-0.2, 0) is 48.4 Å². The Kier molecular flexibility index (Phi) is 35.6. The van der Waals surface area contributed by atoms with Crippen molar-refractivity contribution >= 4 is 68.5 Å². The van der Waals surface area contributed by atoms with Crippen molar-refractivity contribution in [1.82, 2.24) is 60.6 Å². The number of benzene rings is 4. The summed E-state index contributed by atoms with van der Waals surface area (Å²) < 4.78 is 5.59. The number of carbonyl (C=O) groups is 6. The fourth-order valence-corrected chi connectivity index (χ4v) is 13.9. The summed E-state index contributed by atoms with van der Waals surface area (Å²) in [5.74, 6) is -1.08. The Morgan fingerprint density at radius 1 is 0.314 bits per heavy atom. The SMILES string of the molecule is CCCCCCCCCCCCNC(=O)[C@H](NC(=O)Cn1c(-c2cc(-c3nc4ccccc4n3CC(=O)N[C@@H](C(=O)NCCCCCCCCCCCC)C(C)C)cc(-c3nc4ccccc4n3CC(=O)N[C@@H](C(=O)NCCCCCCCCCCCC)C(C)C)c2)nc2ccccc21)C(C)C. The molecule has 6 amide bonds. The van der Waals surface area contributed by atoms with Gasteiger partial charge in [0.1, 0.15) is 55.2 Å². The molecule has 0 saturated carbocycles. The maximum Gasteiger partial charge on any atom is 0.242 e. The van der Waals surface area contributed by atoms with E-state index >= 15 is 0 Å². The quantitative estimate of drug-likeness (QED) is 0.0199. The molecular weight excluding hydrogens is 1270 g/mol. The van der Waals surface area contributed by atoms with Crippen LogP contribution in [0.4, 0.5) is 0 Å². The van der Waals surface area contributed by atoms with Crippen LogP contribution in [0.15, 0.2) is 91.0 Å². The summed E-state index contributed by atoms with van der Waals surface area (Å²) in [6.45, 7) is 19.4. The van der Waals surface area contributed by atoms with Gasteiger partial charge in [-0.25, -0.2) is 15.0 Å². The third-order valence-electron chi connectivity index (χ3n) is 19.9. The number of para-hydroxylation sites is 6. The van der Waals surface area contributed by atoms with Gasteiger partial charge >= 0.3 is 0 Å². The first-order valence-corrected chi connectivity index (χ1v) is 39.8. The van der Waals surface area contributed by atoms with Gasteiger partial charge in [0.2, 0.25) is 35.4 Å². The molecule has 18 nitrogen and oxygen atoms in total. The molecule has 0 spiro atoms. The van der Waals surface area contributed by atoms with Gasteiger partial charge in [-0.3, -0.25) is 28.8 Å². The number of nitrogens with one attached hydrogen (secondary N) is 6. The molecule has 558 valence electrons. The molecular formula is C84H126N12O6. The van der Waals surface area contributed by atoms with Crippen molar-refractivity contribution in [2.45, 2.75) is 293 Å². The highest BCUT2D eigenvalue weighted by Gasteiger charge is 2.30. The highest BCUT2D eigenvalue weighted by Crippen LogP contribution is 2.37. The maximum absolute atomic E-state index is 14.7. The number of fused-ring (bicyclic) bond motifs is 3. The molecule has 7 rings (SSSR count). The van der Waals surface area contributed by atoms with Crippen molar-refractivity contribution in [2.75, 3.05) is 19.6 Å². The van der Waals surface area contributed by atoms with Gasteiger partial charge < -0.3 is 45.6 Å². The predicted octanol–water partition coefficient (Wildman–Crippen LogP) is 17.3. The Balaban J connectivity index is 1.20. The van der Waals surface area contributed by atoms with Crippen LogP contribution in [0, 0.1) is 17.8 Å². The average molecular weight is 1400 g/mol. The fraction of sp³-hybridized carbons (Fsp3) is 0.607. The number of unbranched alkanes of at least 4 members (excludes halogenated alkanes) is 27. The molecule has 3 aromatic heterocycles. The maximum atomic E-state index is 14.7. The summed E-state index contributed by atoms with van der Waals surface area (Å²) in [7, 11) is 0. The second kappa shape index (κ2) is 44.6. The molecule has 3 heterocycles. The number of aromatic nitrogens is 6. The van der Waals surface area contributed by atoms with Gasteiger partial charge in [-0.05, 0) is 91.6 Å². The van der Waals surface area contributed by atoms with E-state index in [4.69, 9.17) is 15.0 Å². The smallest absolute Gasteiger partial charge is 0.242 e. The zero-order valence-electron chi connectivity index (χ0n) is 63.7. The molecule has 0 saturated heterocycles. The van der Waals surface area contributed by atoms with E-state index in [9.17, 15) is 28.8 Å². The summed E-state index contributed by atoms with van der Waals surface area (Å²) in [5, 5.41) is 18.7. The van der Waals surface area contributed by atoms with E-state index in [0.717, 1.165) is 57.8 Å². The average Bonchev–Trinajstić information content (AvgIpc) is 1.59. The molecule has 7 aromatic rings. The zero-order chi connectivity index (χ0) is 73.0. The number of carbonyl (C=O) groups excluding carboxylic acids is 6. The molecule has 0 bridgehead atoms. The van der Waals surface area contributed by atoms with Crippen LogP contribution in [0.3, 0.4) is 0 Å². The van der Waals surface area contributed by atoms with Crippen molar-refractivity contribution < 1.29 is 28.8 Å². The lowest BCUT2D eigenvalue weighted by molar-refractivity contribution is -0.130. The Bertz CT molecular complexity index is 3310. The van der Waals surface area contributed by atoms with Crippen LogP contribution < -0.4 is 31.9 Å². The van der Waals surface area contributed by atoms with Crippen LogP contribution in [0.25, 0.3) is 67.3 Å². The van der Waals surface area contributed by atoms with Crippen LogP contribution in [-0.4, -0.2) is 102 Å². The molecule has 3 atom stereocenters. The van der Waals surface area contributed by atoms with Gasteiger partial charge in [-0.1, -0.05) is 272 Å². The minimum absolute atomic E-state index is 0.185.